The minimum absolute atomic E-state index is 0.0606. The lowest BCUT2D eigenvalue weighted by Crippen LogP contribution is -2.37. The van der Waals surface area contributed by atoms with Gasteiger partial charge in [0, 0.05) is 24.9 Å². The molecule has 0 spiro atoms. The third kappa shape index (κ3) is 3.72. The van der Waals surface area contributed by atoms with Crippen LogP contribution in [0.1, 0.15) is 35.2 Å². The molecular formula is C21H23NO4. The van der Waals surface area contributed by atoms with Gasteiger partial charge in [0.15, 0.2) is 17.3 Å². The summed E-state index contributed by atoms with van der Waals surface area (Å²) in [7, 11) is 3.22. The average molecular weight is 353 g/mol. The van der Waals surface area contributed by atoms with E-state index in [1.807, 2.05) is 36.4 Å². The highest BCUT2D eigenvalue weighted by Gasteiger charge is 2.26. The third-order valence-corrected chi connectivity index (χ3v) is 4.66. The smallest absolute Gasteiger partial charge is 0.227 e. The number of fused-ring (bicyclic) bond motifs is 1. The first-order valence-corrected chi connectivity index (χ1v) is 8.77. The van der Waals surface area contributed by atoms with E-state index in [4.69, 9.17) is 9.47 Å². The highest BCUT2D eigenvalue weighted by molar-refractivity contribution is 6.08. The van der Waals surface area contributed by atoms with Crippen LogP contribution in [0.3, 0.4) is 0 Å². The van der Waals surface area contributed by atoms with Crippen molar-refractivity contribution in [2.24, 2.45) is 0 Å². The van der Waals surface area contributed by atoms with Gasteiger partial charge in [-0.25, -0.2) is 0 Å². The van der Waals surface area contributed by atoms with Gasteiger partial charge < -0.3 is 14.4 Å². The molecule has 1 heterocycles. The fraction of sp³-hybridized carbons (Fsp3) is 0.333. The average Bonchev–Trinajstić information content (AvgIpc) is 2.68. The number of ether oxygens (including phenoxy) is 2. The number of hydrogen-bond donors (Lipinski definition) is 0. The molecule has 0 saturated carbocycles. The fourth-order valence-corrected chi connectivity index (χ4v) is 3.29. The summed E-state index contributed by atoms with van der Waals surface area (Å²) in [6, 6.07) is 13.1. The molecule has 5 heteroatoms. The van der Waals surface area contributed by atoms with Crippen LogP contribution in [0, 0.1) is 0 Å². The number of methoxy groups -OCH3 is 2. The van der Waals surface area contributed by atoms with E-state index < -0.39 is 0 Å². The Kier molecular flexibility index (Phi) is 5.56. The number of carbonyl (C=O) groups excluding carboxylic acids is 2. The summed E-state index contributed by atoms with van der Waals surface area (Å²) in [6.45, 7) is 0.463. The minimum Gasteiger partial charge on any atom is -0.493 e. The molecule has 0 atom stereocenters. The van der Waals surface area contributed by atoms with Gasteiger partial charge in [-0.2, -0.15) is 0 Å². The van der Waals surface area contributed by atoms with E-state index in [9.17, 15) is 9.59 Å². The van der Waals surface area contributed by atoms with Gasteiger partial charge in [0.05, 0.1) is 19.9 Å². The number of aryl methyl sites for hydroxylation is 1. The zero-order valence-corrected chi connectivity index (χ0v) is 15.2. The molecule has 0 unspecified atom stereocenters. The van der Waals surface area contributed by atoms with E-state index >= 15 is 0 Å². The number of Topliss-reactive ketones (excluding diaryl/α,β-unsaturated/α-hetero) is 1. The summed E-state index contributed by atoms with van der Waals surface area (Å²) in [6.07, 6.45) is 2.34. The van der Waals surface area contributed by atoms with Gasteiger partial charge in [-0.05, 0) is 42.7 Å². The predicted molar refractivity (Wildman–Crippen MR) is 100 cm³/mol. The highest BCUT2D eigenvalue weighted by Crippen LogP contribution is 2.29. The molecular weight excluding hydrogens is 330 g/mol. The second kappa shape index (κ2) is 8.04. The molecule has 0 radical (unpaired) electrons. The van der Waals surface area contributed by atoms with Gasteiger partial charge in [0.25, 0.3) is 0 Å². The summed E-state index contributed by atoms with van der Waals surface area (Å²) in [5, 5.41) is 0. The Morgan fingerprint density at radius 1 is 1.08 bits per heavy atom. The zero-order chi connectivity index (χ0) is 18.5. The van der Waals surface area contributed by atoms with Crippen molar-refractivity contribution in [3.63, 3.8) is 0 Å². The molecule has 26 heavy (non-hydrogen) atoms. The van der Waals surface area contributed by atoms with Gasteiger partial charge in [-0.3, -0.25) is 9.59 Å². The summed E-state index contributed by atoms with van der Waals surface area (Å²) in [5.41, 5.74) is 2.48. The van der Waals surface area contributed by atoms with E-state index in [0.29, 0.717) is 36.4 Å². The lowest BCUT2D eigenvalue weighted by Gasteiger charge is -2.28. The number of ketones is 1. The van der Waals surface area contributed by atoms with Crippen molar-refractivity contribution < 1.29 is 19.1 Å². The van der Waals surface area contributed by atoms with Gasteiger partial charge in [0.2, 0.25) is 5.91 Å². The second-order valence-corrected chi connectivity index (χ2v) is 6.28. The highest BCUT2D eigenvalue weighted by atomic mass is 16.5. The van der Waals surface area contributed by atoms with Crippen molar-refractivity contribution in [3.8, 4) is 11.5 Å². The molecule has 0 aromatic heterocycles. The van der Waals surface area contributed by atoms with Crippen molar-refractivity contribution in [3.05, 3.63) is 53.6 Å². The fourth-order valence-electron chi connectivity index (χ4n) is 3.29. The van der Waals surface area contributed by atoms with E-state index in [1.165, 1.54) is 0 Å². The number of carbonyl (C=O) groups is 2. The van der Waals surface area contributed by atoms with E-state index in [0.717, 1.165) is 24.1 Å². The van der Waals surface area contributed by atoms with Crippen LogP contribution in [-0.4, -0.2) is 32.5 Å². The third-order valence-electron chi connectivity index (χ3n) is 4.66. The Balaban J connectivity index is 1.62. The van der Waals surface area contributed by atoms with Crippen molar-refractivity contribution in [1.29, 1.82) is 0 Å². The lowest BCUT2D eigenvalue weighted by atomic mass is 9.99. The maximum absolute atomic E-state index is 12.7. The van der Waals surface area contributed by atoms with Crippen LogP contribution in [-0.2, 0) is 11.2 Å². The molecule has 136 valence electrons. The molecule has 3 rings (SSSR count). The molecule has 2 aromatic rings. The SMILES string of the molecule is COc1ccc(CCCC(=O)N2CCC(=O)c3ccccc32)cc1OC. The van der Waals surface area contributed by atoms with Gasteiger partial charge in [0.1, 0.15) is 0 Å². The Morgan fingerprint density at radius 2 is 1.85 bits per heavy atom. The molecule has 1 aliphatic rings. The van der Waals surface area contributed by atoms with E-state index in [1.54, 1.807) is 25.2 Å². The van der Waals surface area contributed by atoms with Crippen molar-refractivity contribution in [2.75, 3.05) is 25.7 Å². The Hall–Kier alpha value is -2.82. The second-order valence-electron chi connectivity index (χ2n) is 6.28. The quantitative estimate of drug-likeness (QED) is 0.795. The number of anilines is 1. The predicted octanol–water partition coefficient (Wildman–Crippen LogP) is 3.65. The number of nitrogens with zero attached hydrogens (tertiary/aromatic N) is 1. The molecule has 0 aliphatic carbocycles. The van der Waals surface area contributed by atoms with Crippen molar-refractivity contribution in [2.45, 2.75) is 25.7 Å². The minimum atomic E-state index is 0.0606. The summed E-state index contributed by atoms with van der Waals surface area (Å²) < 4.78 is 10.6. The first-order chi connectivity index (χ1) is 12.6. The monoisotopic (exact) mass is 353 g/mol. The molecule has 5 nitrogen and oxygen atoms in total. The van der Waals surface area contributed by atoms with Gasteiger partial charge >= 0.3 is 0 Å². The normalized spacial score (nSPS) is 13.3. The van der Waals surface area contributed by atoms with Crippen molar-refractivity contribution >= 4 is 17.4 Å². The van der Waals surface area contributed by atoms with Crippen LogP contribution in [0.5, 0.6) is 11.5 Å². The first kappa shape index (κ1) is 18.0. The Morgan fingerprint density at radius 3 is 2.62 bits per heavy atom. The maximum atomic E-state index is 12.7. The number of para-hydroxylation sites is 1. The number of amides is 1. The zero-order valence-electron chi connectivity index (χ0n) is 15.2. The number of hydrogen-bond acceptors (Lipinski definition) is 4. The lowest BCUT2D eigenvalue weighted by molar-refractivity contribution is -0.118. The van der Waals surface area contributed by atoms with Gasteiger partial charge in [-0.15, -0.1) is 0 Å². The maximum Gasteiger partial charge on any atom is 0.227 e. The van der Waals surface area contributed by atoms with Crippen LogP contribution in [0.2, 0.25) is 0 Å². The van der Waals surface area contributed by atoms with Crippen LogP contribution < -0.4 is 14.4 Å². The molecule has 0 bridgehead atoms. The molecule has 0 saturated heterocycles. The summed E-state index contributed by atoms with van der Waals surface area (Å²) >= 11 is 0. The summed E-state index contributed by atoms with van der Waals surface area (Å²) in [5.74, 6) is 1.56. The molecule has 0 N–H and O–H groups in total. The molecule has 1 aliphatic heterocycles. The van der Waals surface area contributed by atoms with Crippen LogP contribution in [0.15, 0.2) is 42.5 Å². The topological polar surface area (TPSA) is 55.8 Å². The Labute approximate surface area is 153 Å². The van der Waals surface area contributed by atoms with Crippen LogP contribution in [0.25, 0.3) is 0 Å². The largest absolute Gasteiger partial charge is 0.493 e. The van der Waals surface area contributed by atoms with E-state index in [-0.39, 0.29) is 11.7 Å². The van der Waals surface area contributed by atoms with Crippen molar-refractivity contribution in [1.82, 2.24) is 0 Å². The molecule has 0 fully saturated rings. The first-order valence-electron chi connectivity index (χ1n) is 8.77. The summed E-state index contributed by atoms with van der Waals surface area (Å²) in [4.78, 5) is 26.4. The van der Waals surface area contributed by atoms with E-state index in [2.05, 4.69) is 0 Å². The van der Waals surface area contributed by atoms with Crippen LogP contribution in [0.4, 0.5) is 5.69 Å². The molecule has 2 aromatic carbocycles. The number of rotatable bonds is 6. The van der Waals surface area contributed by atoms with Gasteiger partial charge in [-0.1, -0.05) is 18.2 Å². The van der Waals surface area contributed by atoms with Crippen LogP contribution >= 0.6 is 0 Å². The number of benzene rings is 2. The standard InChI is InChI=1S/C21H23NO4/c1-25-19-11-10-15(14-20(19)26-2)6-5-9-21(24)22-13-12-18(23)16-7-3-4-8-17(16)22/h3-4,7-8,10-11,14H,5-6,9,12-13H2,1-2H3. The Bertz CT molecular complexity index is 815. The molecule has 1 amide bonds.